The molecule has 2 nitrogen and oxygen atoms in total. The molecule has 29 heavy (non-hydrogen) atoms. The van der Waals surface area contributed by atoms with Crippen LogP contribution in [0.25, 0.3) is 0 Å². The minimum absolute atomic E-state index is 0.0449. The molecule has 1 saturated carbocycles. The van der Waals surface area contributed by atoms with Gasteiger partial charge in [0.1, 0.15) is 0 Å². The van der Waals surface area contributed by atoms with Crippen molar-refractivity contribution in [1.82, 2.24) is 0 Å². The third-order valence-corrected chi connectivity index (χ3v) is 7.98. The molecule has 1 aliphatic carbocycles. The monoisotopic (exact) mass is 454 g/mol. The molecule has 2 aliphatic rings. The van der Waals surface area contributed by atoms with E-state index in [0.717, 1.165) is 24.1 Å². The Kier molecular flexibility index (Phi) is 6.25. The van der Waals surface area contributed by atoms with Crippen molar-refractivity contribution in [2.24, 2.45) is 5.92 Å². The first kappa shape index (κ1) is 21.1. The quantitative estimate of drug-likeness (QED) is 0.485. The third-order valence-electron chi connectivity index (χ3n) is 6.90. The van der Waals surface area contributed by atoms with E-state index in [1.54, 1.807) is 0 Å². The van der Waals surface area contributed by atoms with Gasteiger partial charge in [0.05, 0.1) is 19.1 Å². The number of aryl methyl sites for hydroxylation is 4. The Balaban J connectivity index is 1.78. The first-order chi connectivity index (χ1) is 13.9. The zero-order valence-corrected chi connectivity index (χ0v) is 20.0. The maximum Gasteiger partial charge on any atom is 0.654 e. The van der Waals surface area contributed by atoms with Gasteiger partial charge >= 0.3 is 5.87 Å². The van der Waals surface area contributed by atoms with Crippen molar-refractivity contribution in [2.75, 3.05) is 6.61 Å². The molecule has 4 heteroatoms. The summed E-state index contributed by atoms with van der Waals surface area (Å²) in [6.45, 7) is 11.8. The summed E-state index contributed by atoms with van der Waals surface area (Å²) < 4.78 is 7.39. The standard InChI is InChI=1S/C25H34BBrNO/c1-18-9-19(2)12-22(11-18)15-28(16-23-13-20(3)10-21(4)14-23)25-8-6-5-7-24(25)17-29-26(28)27/h9-14,24-25H,5-8,15-17H2,1-4H3/q+1/t24-,25+/m0/s1. The Bertz CT molecular complexity index is 789. The van der Waals surface area contributed by atoms with E-state index in [2.05, 4.69) is 79.9 Å². The summed E-state index contributed by atoms with van der Waals surface area (Å²) in [5.41, 5.74) is 8.29. The van der Waals surface area contributed by atoms with Crippen molar-refractivity contribution in [3.05, 3.63) is 69.8 Å². The van der Waals surface area contributed by atoms with E-state index in [1.165, 1.54) is 59.1 Å². The van der Waals surface area contributed by atoms with Crippen molar-refractivity contribution < 1.29 is 9.05 Å². The Hall–Kier alpha value is -1.10. The van der Waals surface area contributed by atoms with E-state index in [-0.39, 0.29) is 5.87 Å². The molecule has 0 N–H and O–H groups in total. The maximum absolute atomic E-state index is 6.42. The number of benzene rings is 2. The molecule has 2 aromatic rings. The molecule has 1 aliphatic heterocycles. The molecular weight excluding hydrogens is 421 g/mol. The van der Waals surface area contributed by atoms with Crippen LogP contribution in [0, 0.1) is 33.6 Å². The van der Waals surface area contributed by atoms with Crippen LogP contribution >= 0.6 is 15.8 Å². The smallest absolute Gasteiger partial charge is 0.371 e. The second kappa shape index (κ2) is 8.57. The van der Waals surface area contributed by atoms with Crippen molar-refractivity contribution in [3.8, 4) is 0 Å². The fourth-order valence-corrected chi connectivity index (χ4v) is 6.74. The Morgan fingerprint density at radius 1 is 0.828 bits per heavy atom. The molecule has 2 fully saturated rings. The van der Waals surface area contributed by atoms with Gasteiger partial charge in [-0.05, 0) is 62.7 Å². The van der Waals surface area contributed by atoms with E-state index < -0.39 is 0 Å². The van der Waals surface area contributed by atoms with Gasteiger partial charge in [-0.2, -0.15) is 0 Å². The van der Waals surface area contributed by atoms with Crippen LogP contribution in [0.15, 0.2) is 36.4 Å². The van der Waals surface area contributed by atoms with Gasteiger partial charge in [-0.1, -0.05) is 65.1 Å². The summed E-state index contributed by atoms with van der Waals surface area (Å²) in [4.78, 5) is 0. The lowest BCUT2D eigenvalue weighted by atomic mass is 9.76. The van der Waals surface area contributed by atoms with Crippen LogP contribution in [0.3, 0.4) is 0 Å². The van der Waals surface area contributed by atoms with E-state index >= 15 is 0 Å². The van der Waals surface area contributed by atoms with Crippen LogP contribution < -0.4 is 0 Å². The number of rotatable bonds is 4. The minimum atomic E-state index is 0.0449. The van der Waals surface area contributed by atoms with Crippen LogP contribution in [-0.4, -0.2) is 22.9 Å². The van der Waals surface area contributed by atoms with Gasteiger partial charge in [0.15, 0.2) is 0 Å². The summed E-state index contributed by atoms with van der Waals surface area (Å²) >= 11 is 4.01. The predicted octanol–water partition coefficient (Wildman–Crippen LogP) is 6.41. The number of hydrogen-bond donors (Lipinski definition) is 0. The highest BCUT2D eigenvalue weighted by atomic mass is 79.9. The number of fused-ring (bicyclic) bond motifs is 1. The molecule has 2 atom stereocenters. The van der Waals surface area contributed by atoms with Crippen molar-refractivity contribution >= 4 is 21.6 Å². The van der Waals surface area contributed by atoms with Gasteiger partial charge in [-0.15, -0.1) is 0 Å². The minimum Gasteiger partial charge on any atom is -0.371 e. The van der Waals surface area contributed by atoms with Crippen LogP contribution in [-0.2, 0) is 17.7 Å². The van der Waals surface area contributed by atoms with Gasteiger partial charge < -0.3 is 9.05 Å². The second-order valence-corrected chi connectivity index (χ2v) is 10.4. The highest BCUT2D eigenvalue weighted by Crippen LogP contribution is 2.43. The fourth-order valence-electron chi connectivity index (χ4n) is 6.00. The summed E-state index contributed by atoms with van der Waals surface area (Å²) in [6.07, 6.45) is 5.32. The SMILES string of the molecule is Cc1cc(C)cc(C[N+]2(Cc3cc(C)cc(C)c3)B(Br)OC[C@@H]3CCCC[C@H]32)c1. The summed E-state index contributed by atoms with van der Waals surface area (Å²) in [5, 5.41) is 0. The van der Waals surface area contributed by atoms with Gasteiger partial charge in [-0.25, -0.2) is 0 Å². The lowest BCUT2D eigenvalue weighted by molar-refractivity contribution is -0.894. The number of halogens is 1. The zero-order chi connectivity index (χ0) is 20.6. The molecule has 1 saturated heterocycles. The molecule has 2 aromatic carbocycles. The number of quaternary nitrogens is 1. The number of hydrogen-bond acceptors (Lipinski definition) is 1. The van der Waals surface area contributed by atoms with Crippen molar-refractivity contribution in [1.29, 1.82) is 0 Å². The Morgan fingerprint density at radius 3 is 1.83 bits per heavy atom. The van der Waals surface area contributed by atoms with E-state index in [9.17, 15) is 0 Å². The van der Waals surface area contributed by atoms with Crippen LogP contribution in [0.5, 0.6) is 0 Å². The largest absolute Gasteiger partial charge is 0.654 e. The van der Waals surface area contributed by atoms with E-state index in [0.29, 0.717) is 12.0 Å². The number of nitrogens with zero attached hydrogens (tertiary/aromatic N) is 1. The lowest BCUT2D eigenvalue weighted by Crippen LogP contribution is -2.68. The first-order valence-corrected chi connectivity index (χ1v) is 12.0. The summed E-state index contributed by atoms with van der Waals surface area (Å²) in [6, 6.07) is 14.7. The topological polar surface area (TPSA) is 9.23 Å². The zero-order valence-electron chi connectivity index (χ0n) is 18.4. The van der Waals surface area contributed by atoms with Crippen LogP contribution in [0.2, 0.25) is 0 Å². The lowest BCUT2D eigenvalue weighted by Gasteiger charge is -2.54. The molecule has 0 amide bonds. The molecule has 0 unspecified atom stereocenters. The summed E-state index contributed by atoms with van der Waals surface area (Å²) in [5.74, 6) is 0.720. The molecule has 0 spiro atoms. The highest BCUT2D eigenvalue weighted by molar-refractivity contribution is 9.24. The third kappa shape index (κ3) is 4.50. The Labute approximate surface area is 185 Å². The predicted molar refractivity (Wildman–Crippen MR) is 126 cm³/mol. The van der Waals surface area contributed by atoms with Gasteiger partial charge in [0, 0.05) is 23.7 Å². The van der Waals surface area contributed by atoms with E-state index in [4.69, 9.17) is 4.65 Å². The average Bonchev–Trinajstić information content (AvgIpc) is 2.63. The molecule has 1 heterocycles. The summed E-state index contributed by atoms with van der Waals surface area (Å²) in [7, 11) is 0. The normalized spacial score (nSPS) is 23.7. The molecule has 154 valence electrons. The highest BCUT2D eigenvalue weighted by Gasteiger charge is 2.55. The molecule has 0 aromatic heterocycles. The fraction of sp³-hybridized carbons (Fsp3) is 0.520. The maximum atomic E-state index is 6.42. The average molecular weight is 455 g/mol. The second-order valence-electron chi connectivity index (χ2n) is 9.65. The van der Waals surface area contributed by atoms with Gasteiger partial charge in [-0.3, -0.25) is 0 Å². The molecular formula is C25H34BBrNO+. The Morgan fingerprint density at radius 2 is 1.31 bits per heavy atom. The van der Waals surface area contributed by atoms with E-state index in [1.807, 2.05) is 0 Å². The van der Waals surface area contributed by atoms with Crippen molar-refractivity contribution in [2.45, 2.75) is 72.5 Å². The molecule has 0 radical (unpaired) electrons. The molecule has 4 rings (SSSR count). The van der Waals surface area contributed by atoms with Crippen LogP contribution in [0.4, 0.5) is 0 Å². The molecule has 0 bridgehead atoms. The van der Waals surface area contributed by atoms with Crippen molar-refractivity contribution in [3.63, 3.8) is 0 Å². The van der Waals surface area contributed by atoms with Gasteiger partial charge in [0.25, 0.3) is 0 Å². The van der Waals surface area contributed by atoms with Crippen LogP contribution in [0.1, 0.15) is 59.1 Å². The first-order valence-electron chi connectivity index (χ1n) is 11.1. The van der Waals surface area contributed by atoms with Gasteiger partial charge in [0.2, 0.25) is 0 Å².